The Balaban J connectivity index is 2.44. The molecule has 1 fully saturated rings. The van der Waals surface area contributed by atoms with E-state index >= 15 is 0 Å². The number of amides is 1. The van der Waals surface area contributed by atoms with Gasteiger partial charge >= 0.3 is 0 Å². The van der Waals surface area contributed by atoms with Crippen LogP contribution in [-0.2, 0) is 9.59 Å². The standard InChI is InChI=1S/C8H12ClNO2/c1-6(9)8(12)10-4-2-7(11)3-5-10/h6H,2-5H2,1H3/t6-/m1/s1. The first-order valence-electron chi connectivity index (χ1n) is 4.06. The first-order chi connectivity index (χ1) is 5.61. The molecule has 1 aliphatic heterocycles. The molecule has 3 nitrogen and oxygen atoms in total. The second-order valence-electron chi connectivity index (χ2n) is 2.98. The number of rotatable bonds is 1. The molecular weight excluding hydrogens is 178 g/mol. The molecule has 1 saturated heterocycles. The summed E-state index contributed by atoms with van der Waals surface area (Å²) in [6, 6.07) is 0. The van der Waals surface area contributed by atoms with Gasteiger partial charge in [-0.2, -0.15) is 0 Å². The highest BCUT2D eigenvalue weighted by atomic mass is 35.5. The third-order valence-corrected chi connectivity index (χ3v) is 2.16. The number of carbonyl (C=O) groups is 2. The Bertz CT molecular complexity index is 193. The van der Waals surface area contributed by atoms with Crippen LogP contribution in [0.1, 0.15) is 19.8 Å². The molecule has 0 aromatic heterocycles. The molecule has 0 N–H and O–H groups in total. The molecule has 0 saturated carbocycles. The molecule has 4 heteroatoms. The fraction of sp³-hybridized carbons (Fsp3) is 0.750. The van der Waals surface area contributed by atoms with Crippen LogP contribution in [0.5, 0.6) is 0 Å². The molecule has 0 unspecified atom stereocenters. The SMILES string of the molecule is C[C@@H](Cl)C(=O)N1CCC(=O)CC1. The van der Waals surface area contributed by atoms with Crippen molar-refractivity contribution < 1.29 is 9.59 Å². The van der Waals surface area contributed by atoms with E-state index in [1.54, 1.807) is 11.8 Å². The van der Waals surface area contributed by atoms with Gasteiger partial charge in [0.25, 0.3) is 0 Å². The summed E-state index contributed by atoms with van der Waals surface area (Å²) in [7, 11) is 0. The molecule has 1 aliphatic rings. The Morgan fingerprint density at radius 1 is 1.50 bits per heavy atom. The maximum Gasteiger partial charge on any atom is 0.240 e. The van der Waals surface area contributed by atoms with E-state index in [-0.39, 0.29) is 11.7 Å². The molecule has 0 bridgehead atoms. The molecule has 0 aromatic rings. The lowest BCUT2D eigenvalue weighted by molar-refractivity contribution is -0.133. The van der Waals surface area contributed by atoms with Crippen molar-refractivity contribution in [1.82, 2.24) is 4.90 Å². The number of nitrogens with zero attached hydrogens (tertiary/aromatic N) is 1. The highest BCUT2D eigenvalue weighted by Crippen LogP contribution is 2.09. The lowest BCUT2D eigenvalue weighted by atomic mass is 10.1. The average molecular weight is 190 g/mol. The average Bonchev–Trinajstić information content (AvgIpc) is 2.04. The van der Waals surface area contributed by atoms with Crippen molar-refractivity contribution in [2.45, 2.75) is 25.1 Å². The van der Waals surface area contributed by atoms with E-state index in [4.69, 9.17) is 11.6 Å². The zero-order chi connectivity index (χ0) is 9.14. The Morgan fingerprint density at radius 2 is 2.00 bits per heavy atom. The van der Waals surface area contributed by atoms with E-state index in [1.807, 2.05) is 0 Å². The van der Waals surface area contributed by atoms with Gasteiger partial charge in [0.2, 0.25) is 5.91 Å². The normalized spacial score (nSPS) is 20.8. The Labute approximate surface area is 76.7 Å². The summed E-state index contributed by atoms with van der Waals surface area (Å²) < 4.78 is 0. The lowest BCUT2D eigenvalue weighted by Crippen LogP contribution is -2.41. The number of carbonyl (C=O) groups excluding carboxylic acids is 2. The van der Waals surface area contributed by atoms with Crippen LogP contribution in [0.15, 0.2) is 0 Å². The molecule has 1 atom stereocenters. The zero-order valence-corrected chi connectivity index (χ0v) is 7.80. The van der Waals surface area contributed by atoms with Crippen molar-refractivity contribution >= 4 is 23.3 Å². The Hall–Kier alpha value is -0.570. The van der Waals surface area contributed by atoms with Gasteiger partial charge in [-0.05, 0) is 6.92 Å². The second-order valence-corrected chi connectivity index (χ2v) is 3.63. The first-order valence-corrected chi connectivity index (χ1v) is 4.49. The van der Waals surface area contributed by atoms with Crippen molar-refractivity contribution in [3.05, 3.63) is 0 Å². The number of Topliss-reactive ketones (excluding diaryl/α,β-unsaturated/α-hetero) is 1. The molecule has 0 spiro atoms. The van der Waals surface area contributed by atoms with E-state index in [9.17, 15) is 9.59 Å². The van der Waals surface area contributed by atoms with Crippen LogP contribution < -0.4 is 0 Å². The molecule has 1 amide bonds. The van der Waals surface area contributed by atoms with Gasteiger partial charge in [-0.25, -0.2) is 0 Å². The lowest BCUT2D eigenvalue weighted by Gasteiger charge is -2.26. The van der Waals surface area contributed by atoms with Crippen LogP contribution in [0.25, 0.3) is 0 Å². The van der Waals surface area contributed by atoms with E-state index in [0.29, 0.717) is 25.9 Å². The number of hydrogen-bond acceptors (Lipinski definition) is 2. The van der Waals surface area contributed by atoms with Gasteiger partial charge in [-0.15, -0.1) is 11.6 Å². The van der Waals surface area contributed by atoms with Crippen molar-refractivity contribution in [2.24, 2.45) is 0 Å². The van der Waals surface area contributed by atoms with E-state index in [1.165, 1.54) is 0 Å². The third-order valence-electron chi connectivity index (χ3n) is 1.97. The van der Waals surface area contributed by atoms with Gasteiger partial charge in [0, 0.05) is 25.9 Å². The Morgan fingerprint density at radius 3 is 2.42 bits per heavy atom. The summed E-state index contributed by atoms with van der Waals surface area (Å²) in [5.74, 6) is 0.172. The van der Waals surface area contributed by atoms with Crippen molar-refractivity contribution in [3.63, 3.8) is 0 Å². The topological polar surface area (TPSA) is 37.4 Å². The zero-order valence-electron chi connectivity index (χ0n) is 7.05. The Kier molecular flexibility index (Phi) is 3.09. The summed E-state index contributed by atoms with van der Waals surface area (Å²) in [5.41, 5.74) is 0. The smallest absolute Gasteiger partial charge is 0.240 e. The summed E-state index contributed by atoms with van der Waals surface area (Å²) in [6.07, 6.45) is 0.963. The highest BCUT2D eigenvalue weighted by Gasteiger charge is 2.23. The predicted octanol–water partition coefficient (Wildman–Crippen LogP) is 0.805. The second kappa shape index (κ2) is 3.90. The highest BCUT2D eigenvalue weighted by molar-refractivity contribution is 6.30. The van der Waals surface area contributed by atoms with E-state index in [0.717, 1.165) is 0 Å². The first kappa shape index (κ1) is 9.52. The van der Waals surface area contributed by atoms with E-state index in [2.05, 4.69) is 0 Å². The summed E-state index contributed by atoms with van der Waals surface area (Å²) in [5, 5.41) is -0.474. The van der Waals surface area contributed by atoms with Crippen LogP contribution in [0.3, 0.4) is 0 Å². The van der Waals surface area contributed by atoms with Crippen molar-refractivity contribution in [1.29, 1.82) is 0 Å². The summed E-state index contributed by atoms with van der Waals surface area (Å²) >= 11 is 5.62. The van der Waals surface area contributed by atoms with Crippen molar-refractivity contribution in [3.8, 4) is 0 Å². The van der Waals surface area contributed by atoms with Gasteiger partial charge in [-0.1, -0.05) is 0 Å². The number of alkyl halides is 1. The van der Waals surface area contributed by atoms with Crippen LogP contribution in [0, 0.1) is 0 Å². The number of likely N-dealkylation sites (tertiary alicyclic amines) is 1. The van der Waals surface area contributed by atoms with Crippen LogP contribution in [0.2, 0.25) is 0 Å². The molecular formula is C8H12ClNO2. The van der Waals surface area contributed by atoms with Crippen molar-refractivity contribution in [2.75, 3.05) is 13.1 Å². The number of halogens is 1. The fourth-order valence-corrected chi connectivity index (χ4v) is 1.37. The number of hydrogen-bond donors (Lipinski definition) is 0. The number of piperidine rings is 1. The molecule has 0 aromatic carbocycles. The van der Waals surface area contributed by atoms with Crippen LogP contribution >= 0.6 is 11.6 Å². The van der Waals surface area contributed by atoms with Gasteiger partial charge in [0.1, 0.15) is 11.2 Å². The predicted molar refractivity (Wildman–Crippen MR) is 46.1 cm³/mol. The molecule has 0 radical (unpaired) electrons. The van der Waals surface area contributed by atoms with Gasteiger partial charge in [-0.3, -0.25) is 9.59 Å². The van der Waals surface area contributed by atoms with Crippen LogP contribution in [-0.4, -0.2) is 35.1 Å². The maximum atomic E-state index is 11.3. The quantitative estimate of drug-likeness (QED) is 0.573. The monoisotopic (exact) mass is 189 g/mol. The minimum atomic E-state index is -0.474. The third kappa shape index (κ3) is 2.21. The molecule has 0 aliphatic carbocycles. The van der Waals surface area contributed by atoms with Gasteiger partial charge in [0.05, 0.1) is 0 Å². The van der Waals surface area contributed by atoms with Crippen LogP contribution in [0.4, 0.5) is 0 Å². The molecule has 12 heavy (non-hydrogen) atoms. The maximum absolute atomic E-state index is 11.3. The van der Waals surface area contributed by atoms with Gasteiger partial charge < -0.3 is 4.90 Å². The number of ketones is 1. The molecule has 1 heterocycles. The molecule has 1 rings (SSSR count). The van der Waals surface area contributed by atoms with Gasteiger partial charge in [0.15, 0.2) is 0 Å². The minimum Gasteiger partial charge on any atom is -0.341 e. The van der Waals surface area contributed by atoms with E-state index < -0.39 is 5.38 Å². The summed E-state index contributed by atoms with van der Waals surface area (Å²) in [6.45, 7) is 2.73. The minimum absolute atomic E-state index is 0.0656. The fourth-order valence-electron chi connectivity index (χ4n) is 1.23. The molecule has 68 valence electrons. The summed E-state index contributed by atoms with van der Waals surface area (Å²) in [4.78, 5) is 23.8. The largest absolute Gasteiger partial charge is 0.341 e.